The van der Waals surface area contributed by atoms with Crippen LogP contribution in [0.3, 0.4) is 0 Å². The van der Waals surface area contributed by atoms with Gasteiger partial charge in [0.25, 0.3) is 0 Å². The molecular weight excluding hydrogens is 282 g/mol. The van der Waals surface area contributed by atoms with E-state index in [0.29, 0.717) is 25.8 Å². The van der Waals surface area contributed by atoms with Crippen LogP contribution in [0.5, 0.6) is 5.75 Å². The molecule has 2 rings (SSSR count). The first-order chi connectivity index (χ1) is 10.7. The van der Waals surface area contributed by atoms with Crippen molar-refractivity contribution in [1.29, 1.82) is 0 Å². The number of hydrogen-bond acceptors (Lipinski definition) is 5. The van der Waals surface area contributed by atoms with E-state index >= 15 is 0 Å². The zero-order valence-electron chi connectivity index (χ0n) is 13.2. The minimum atomic E-state index is -0.526. The van der Waals surface area contributed by atoms with Gasteiger partial charge in [-0.2, -0.15) is 0 Å². The molecule has 1 aliphatic carbocycles. The Morgan fingerprint density at radius 2 is 1.95 bits per heavy atom. The molecule has 0 radical (unpaired) electrons. The van der Waals surface area contributed by atoms with E-state index in [9.17, 15) is 10.2 Å². The normalized spacial score (nSPS) is 23.2. The number of ether oxygens (including phenoxy) is 2. The third kappa shape index (κ3) is 5.57. The Kier molecular flexibility index (Phi) is 7.12. The van der Waals surface area contributed by atoms with Gasteiger partial charge in [-0.25, -0.2) is 0 Å². The molecule has 0 aromatic heterocycles. The Hall–Kier alpha value is -1.14. The van der Waals surface area contributed by atoms with Gasteiger partial charge in [-0.15, -0.1) is 0 Å². The lowest BCUT2D eigenvalue weighted by Gasteiger charge is -2.27. The van der Waals surface area contributed by atoms with Crippen LogP contribution < -0.4 is 10.1 Å². The van der Waals surface area contributed by atoms with Gasteiger partial charge in [0.15, 0.2) is 0 Å². The SMILES string of the molecule is COc1ccccc1COC[C@H](O)CNC1CCC(O)CC1. The van der Waals surface area contributed by atoms with Crippen molar-refractivity contribution in [3.63, 3.8) is 0 Å². The highest BCUT2D eigenvalue weighted by Crippen LogP contribution is 2.19. The molecule has 0 amide bonds. The summed E-state index contributed by atoms with van der Waals surface area (Å²) in [7, 11) is 1.64. The van der Waals surface area contributed by atoms with Gasteiger partial charge in [0.05, 0.1) is 32.5 Å². The van der Waals surface area contributed by atoms with E-state index in [1.165, 1.54) is 0 Å². The number of hydrogen-bond donors (Lipinski definition) is 3. The third-order valence-corrected chi connectivity index (χ3v) is 4.10. The summed E-state index contributed by atoms with van der Waals surface area (Å²) < 4.78 is 10.8. The standard InChI is InChI=1S/C17H27NO4/c1-21-17-5-3-2-4-13(17)11-22-12-16(20)10-18-14-6-8-15(19)9-7-14/h2-5,14-16,18-20H,6-12H2,1H3/t14?,15?,16-/m1/s1. The summed E-state index contributed by atoms with van der Waals surface area (Å²) in [5.41, 5.74) is 0.978. The highest BCUT2D eigenvalue weighted by atomic mass is 16.5. The highest BCUT2D eigenvalue weighted by molar-refractivity contribution is 5.32. The zero-order valence-corrected chi connectivity index (χ0v) is 13.2. The summed E-state index contributed by atoms with van der Waals surface area (Å²) in [4.78, 5) is 0. The second-order valence-electron chi connectivity index (χ2n) is 5.89. The first-order valence-corrected chi connectivity index (χ1v) is 7.98. The van der Waals surface area contributed by atoms with E-state index < -0.39 is 6.10 Å². The number of para-hydroxylation sites is 1. The van der Waals surface area contributed by atoms with Gasteiger partial charge < -0.3 is 25.0 Å². The molecular formula is C17H27NO4. The van der Waals surface area contributed by atoms with Crippen molar-refractivity contribution in [1.82, 2.24) is 5.32 Å². The van der Waals surface area contributed by atoms with Crippen LogP contribution in [0.4, 0.5) is 0 Å². The number of rotatable bonds is 8. The Morgan fingerprint density at radius 3 is 2.68 bits per heavy atom. The van der Waals surface area contributed by atoms with E-state index in [1.807, 2.05) is 24.3 Å². The summed E-state index contributed by atoms with van der Waals surface area (Å²) in [5.74, 6) is 0.802. The molecule has 124 valence electrons. The molecule has 0 saturated heterocycles. The second-order valence-corrected chi connectivity index (χ2v) is 5.89. The molecule has 3 N–H and O–H groups in total. The molecule has 0 bridgehead atoms. The molecule has 0 unspecified atom stereocenters. The number of methoxy groups -OCH3 is 1. The lowest BCUT2D eigenvalue weighted by molar-refractivity contribution is 0.0251. The van der Waals surface area contributed by atoms with Crippen molar-refractivity contribution in [3.05, 3.63) is 29.8 Å². The second kappa shape index (κ2) is 9.10. The van der Waals surface area contributed by atoms with Crippen LogP contribution in [-0.2, 0) is 11.3 Å². The zero-order chi connectivity index (χ0) is 15.8. The monoisotopic (exact) mass is 309 g/mol. The summed E-state index contributed by atoms with van der Waals surface area (Å²) >= 11 is 0. The molecule has 5 heteroatoms. The van der Waals surface area contributed by atoms with Gasteiger partial charge in [-0.1, -0.05) is 18.2 Å². The maximum absolute atomic E-state index is 9.97. The van der Waals surface area contributed by atoms with E-state index in [0.717, 1.165) is 37.0 Å². The molecule has 5 nitrogen and oxygen atoms in total. The summed E-state index contributed by atoms with van der Waals surface area (Å²) in [6.07, 6.45) is 2.95. The molecule has 1 fully saturated rings. The van der Waals surface area contributed by atoms with Crippen LogP contribution in [0.2, 0.25) is 0 Å². The fraction of sp³-hybridized carbons (Fsp3) is 0.647. The summed E-state index contributed by atoms with van der Waals surface area (Å²) in [6.45, 7) is 1.24. The topological polar surface area (TPSA) is 71.0 Å². The van der Waals surface area contributed by atoms with Crippen LogP contribution in [0.15, 0.2) is 24.3 Å². The van der Waals surface area contributed by atoms with Crippen molar-refractivity contribution < 1.29 is 19.7 Å². The fourth-order valence-electron chi connectivity index (χ4n) is 2.77. The Labute approximate surface area is 132 Å². The van der Waals surface area contributed by atoms with Gasteiger partial charge in [0.1, 0.15) is 5.75 Å². The van der Waals surface area contributed by atoms with Gasteiger partial charge in [0, 0.05) is 18.2 Å². The van der Waals surface area contributed by atoms with E-state index in [4.69, 9.17) is 9.47 Å². The Bertz CT molecular complexity index is 432. The highest BCUT2D eigenvalue weighted by Gasteiger charge is 2.19. The molecule has 0 aliphatic heterocycles. The molecule has 0 spiro atoms. The Morgan fingerprint density at radius 1 is 1.23 bits per heavy atom. The van der Waals surface area contributed by atoms with Crippen molar-refractivity contribution >= 4 is 0 Å². The first-order valence-electron chi connectivity index (χ1n) is 7.98. The van der Waals surface area contributed by atoms with Crippen molar-refractivity contribution in [2.45, 2.75) is 50.5 Å². The predicted octanol–water partition coefficient (Wildman–Crippen LogP) is 1.47. The lowest BCUT2D eigenvalue weighted by Crippen LogP contribution is -2.40. The quantitative estimate of drug-likeness (QED) is 0.678. The maximum Gasteiger partial charge on any atom is 0.124 e. The lowest BCUT2D eigenvalue weighted by atomic mass is 9.93. The molecule has 0 heterocycles. The third-order valence-electron chi connectivity index (χ3n) is 4.10. The average Bonchev–Trinajstić information content (AvgIpc) is 2.55. The minimum absolute atomic E-state index is 0.146. The van der Waals surface area contributed by atoms with Crippen molar-refractivity contribution in [2.75, 3.05) is 20.3 Å². The minimum Gasteiger partial charge on any atom is -0.496 e. The first kappa shape index (κ1) is 17.2. The van der Waals surface area contributed by atoms with Crippen LogP contribution in [0.25, 0.3) is 0 Å². The molecule has 1 aromatic carbocycles. The fourth-order valence-corrected chi connectivity index (χ4v) is 2.77. The van der Waals surface area contributed by atoms with Crippen LogP contribution in [0.1, 0.15) is 31.2 Å². The Balaban J connectivity index is 1.62. The van der Waals surface area contributed by atoms with E-state index in [1.54, 1.807) is 7.11 Å². The van der Waals surface area contributed by atoms with Crippen molar-refractivity contribution in [3.8, 4) is 5.75 Å². The number of aliphatic hydroxyl groups excluding tert-OH is 2. The van der Waals surface area contributed by atoms with Gasteiger partial charge in [-0.05, 0) is 31.7 Å². The van der Waals surface area contributed by atoms with E-state index in [-0.39, 0.29) is 6.10 Å². The average molecular weight is 309 g/mol. The largest absolute Gasteiger partial charge is 0.496 e. The van der Waals surface area contributed by atoms with Crippen LogP contribution in [-0.4, -0.2) is 48.7 Å². The molecule has 1 saturated carbocycles. The molecule has 22 heavy (non-hydrogen) atoms. The maximum atomic E-state index is 9.97. The van der Waals surface area contributed by atoms with Crippen molar-refractivity contribution in [2.24, 2.45) is 0 Å². The number of benzene rings is 1. The predicted molar refractivity (Wildman–Crippen MR) is 84.9 cm³/mol. The molecule has 1 atom stereocenters. The molecule has 1 aromatic rings. The summed E-state index contributed by atoms with van der Waals surface area (Å²) in [6, 6.07) is 8.11. The smallest absolute Gasteiger partial charge is 0.124 e. The summed E-state index contributed by atoms with van der Waals surface area (Å²) in [5, 5.41) is 22.8. The van der Waals surface area contributed by atoms with E-state index in [2.05, 4.69) is 5.32 Å². The van der Waals surface area contributed by atoms with Gasteiger partial charge in [0.2, 0.25) is 0 Å². The number of aliphatic hydroxyl groups is 2. The van der Waals surface area contributed by atoms with Crippen LogP contribution in [0, 0.1) is 0 Å². The van der Waals surface area contributed by atoms with Gasteiger partial charge >= 0.3 is 0 Å². The van der Waals surface area contributed by atoms with Crippen LogP contribution >= 0.6 is 0 Å². The van der Waals surface area contributed by atoms with Gasteiger partial charge in [-0.3, -0.25) is 0 Å². The molecule has 1 aliphatic rings. The number of nitrogens with one attached hydrogen (secondary N) is 1.